The van der Waals surface area contributed by atoms with Gasteiger partial charge in [-0.2, -0.15) is 5.10 Å². The Morgan fingerprint density at radius 3 is 2.19 bits per heavy atom. The van der Waals surface area contributed by atoms with Crippen LogP contribution in [0.4, 0.5) is 5.69 Å². The van der Waals surface area contributed by atoms with Crippen molar-refractivity contribution in [2.24, 2.45) is 10.5 Å². The van der Waals surface area contributed by atoms with Crippen LogP contribution < -0.4 is 4.90 Å². The topological polar surface area (TPSA) is 71.4 Å². The standard InChI is InChI=1S/C22H23Cl2N3O4/c1-22(21(29)31-3)13-26(25-20(22)15-4-6-16(23)7-5-15)12-19(28)27(14-30-2)18-10-8-17(24)9-11-18/h4-11H,12-14H2,1-3H3. The van der Waals surface area contributed by atoms with Gasteiger partial charge in [0.1, 0.15) is 18.7 Å². The molecule has 1 aliphatic rings. The summed E-state index contributed by atoms with van der Waals surface area (Å²) in [5.41, 5.74) is 0.871. The Kier molecular flexibility index (Phi) is 7.20. The molecule has 0 fully saturated rings. The van der Waals surface area contributed by atoms with Crippen LogP contribution in [-0.4, -0.2) is 56.6 Å². The number of nitrogens with zero attached hydrogens (tertiary/aromatic N) is 3. The van der Waals surface area contributed by atoms with E-state index in [1.54, 1.807) is 60.5 Å². The second-order valence-corrected chi connectivity index (χ2v) is 8.19. The van der Waals surface area contributed by atoms with Gasteiger partial charge in [0.2, 0.25) is 5.91 Å². The average Bonchev–Trinajstić information content (AvgIpc) is 3.09. The van der Waals surface area contributed by atoms with Crippen molar-refractivity contribution in [1.29, 1.82) is 0 Å². The fourth-order valence-electron chi connectivity index (χ4n) is 3.47. The molecule has 1 atom stereocenters. The van der Waals surface area contributed by atoms with Crippen LogP contribution in [0.25, 0.3) is 0 Å². The number of hydrogen-bond donors (Lipinski definition) is 0. The second kappa shape index (κ2) is 9.68. The first-order valence-electron chi connectivity index (χ1n) is 9.51. The predicted octanol–water partition coefficient (Wildman–Crippen LogP) is 3.83. The summed E-state index contributed by atoms with van der Waals surface area (Å²) < 4.78 is 10.2. The van der Waals surface area contributed by atoms with E-state index in [9.17, 15) is 9.59 Å². The molecule has 0 aliphatic carbocycles. The van der Waals surface area contributed by atoms with E-state index in [1.165, 1.54) is 19.1 Å². The van der Waals surface area contributed by atoms with Gasteiger partial charge in [-0.3, -0.25) is 19.5 Å². The van der Waals surface area contributed by atoms with Crippen LogP contribution in [0.3, 0.4) is 0 Å². The number of methoxy groups -OCH3 is 2. The van der Waals surface area contributed by atoms with E-state index >= 15 is 0 Å². The number of hydrazone groups is 1. The van der Waals surface area contributed by atoms with Gasteiger partial charge in [-0.25, -0.2) is 0 Å². The maximum absolute atomic E-state index is 13.1. The van der Waals surface area contributed by atoms with Crippen molar-refractivity contribution in [1.82, 2.24) is 5.01 Å². The number of halogens is 2. The van der Waals surface area contributed by atoms with Crippen LogP contribution in [0, 0.1) is 5.41 Å². The van der Waals surface area contributed by atoms with Gasteiger partial charge in [0.25, 0.3) is 0 Å². The highest BCUT2D eigenvalue weighted by Gasteiger charge is 2.47. The van der Waals surface area contributed by atoms with Crippen LogP contribution in [0.5, 0.6) is 0 Å². The lowest BCUT2D eigenvalue weighted by Gasteiger charge is -2.26. The molecule has 0 bridgehead atoms. The maximum atomic E-state index is 13.1. The van der Waals surface area contributed by atoms with Gasteiger partial charge in [-0.15, -0.1) is 0 Å². The van der Waals surface area contributed by atoms with Gasteiger partial charge in [0, 0.05) is 22.8 Å². The molecule has 0 N–H and O–H groups in total. The van der Waals surface area contributed by atoms with Gasteiger partial charge in [0.05, 0.1) is 19.4 Å². The lowest BCUT2D eigenvalue weighted by Crippen LogP contribution is -2.43. The molecule has 7 nitrogen and oxygen atoms in total. The zero-order chi connectivity index (χ0) is 22.6. The number of anilines is 1. The minimum absolute atomic E-state index is 0.0460. The van der Waals surface area contributed by atoms with Crippen LogP contribution in [0.2, 0.25) is 10.0 Å². The number of rotatable bonds is 7. The smallest absolute Gasteiger partial charge is 0.319 e. The molecular formula is C22H23Cl2N3O4. The fraction of sp³-hybridized carbons (Fsp3) is 0.318. The Balaban J connectivity index is 1.87. The van der Waals surface area contributed by atoms with Gasteiger partial charge in [0.15, 0.2) is 0 Å². The van der Waals surface area contributed by atoms with Gasteiger partial charge in [-0.1, -0.05) is 35.3 Å². The molecule has 164 valence electrons. The van der Waals surface area contributed by atoms with Crippen molar-refractivity contribution in [3.63, 3.8) is 0 Å². The molecule has 1 aliphatic heterocycles. The van der Waals surface area contributed by atoms with Crippen LogP contribution >= 0.6 is 23.2 Å². The summed E-state index contributed by atoms with van der Waals surface area (Å²) in [6.45, 7) is 1.97. The molecule has 3 rings (SSSR count). The summed E-state index contributed by atoms with van der Waals surface area (Å²) >= 11 is 12.0. The lowest BCUT2D eigenvalue weighted by molar-refractivity contribution is -0.148. The normalized spacial score (nSPS) is 18.0. The van der Waals surface area contributed by atoms with E-state index in [0.717, 1.165) is 5.56 Å². The van der Waals surface area contributed by atoms with Crippen LogP contribution in [0.15, 0.2) is 53.6 Å². The minimum Gasteiger partial charge on any atom is -0.468 e. The highest BCUT2D eigenvalue weighted by molar-refractivity contribution is 6.31. The van der Waals surface area contributed by atoms with E-state index in [1.807, 2.05) is 0 Å². The number of carbonyl (C=O) groups excluding carboxylic acids is 2. The Morgan fingerprint density at radius 1 is 1.06 bits per heavy atom. The quantitative estimate of drug-likeness (QED) is 0.460. The number of amides is 1. The van der Waals surface area contributed by atoms with E-state index < -0.39 is 11.4 Å². The van der Waals surface area contributed by atoms with E-state index in [2.05, 4.69) is 5.10 Å². The third kappa shape index (κ3) is 5.01. The van der Waals surface area contributed by atoms with E-state index in [0.29, 0.717) is 21.4 Å². The number of ether oxygens (including phenoxy) is 2. The molecule has 0 saturated heterocycles. The van der Waals surface area contributed by atoms with Gasteiger partial charge in [-0.05, 0) is 48.9 Å². The molecule has 0 spiro atoms. The molecule has 0 radical (unpaired) electrons. The maximum Gasteiger partial charge on any atom is 0.319 e. The van der Waals surface area contributed by atoms with Crippen molar-refractivity contribution in [2.45, 2.75) is 6.92 Å². The van der Waals surface area contributed by atoms with E-state index in [4.69, 9.17) is 32.7 Å². The first-order chi connectivity index (χ1) is 14.8. The molecule has 1 heterocycles. The monoisotopic (exact) mass is 463 g/mol. The SMILES string of the molecule is COCN(C(=O)CN1CC(C)(C(=O)OC)C(c2ccc(Cl)cc2)=N1)c1ccc(Cl)cc1. The molecule has 0 saturated carbocycles. The Morgan fingerprint density at radius 2 is 1.65 bits per heavy atom. The molecule has 1 amide bonds. The van der Waals surface area contributed by atoms with Crippen molar-refractivity contribution >= 4 is 46.5 Å². The number of carbonyl (C=O) groups is 2. The van der Waals surface area contributed by atoms with Crippen molar-refractivity contribution in [3.05, 3.63) is 64.1 Å². The average molecular weight is 464 g/mol. The van der Waals surface area contributed by atoms with Crippen LogP contribution in [0.1, 0.15) is 12.5 Å². The van der Waals surface area contributed by atoms with Gasteiger partial charge < -0.3 is 9.47 Å². The third-order valence-corrected chi connectivity index (χ3v) is 5.54. The summed E-state index contributed by atoms with van der Waals surface area (Å²) in [6.07, 6.45) is 0. The minimum atomic E-state index is -1.03. The summed E-state index contributed by atoms with van der Waals surface area (Å²) in [7, 11) is 2.85. The number of hydrogen-bond acceptors (Lipinski definition) is 6. The zero-order valence-corrected chi connectivity index (χ0v) is 19.0. The fourth-order valence-corrected chi connectivity index (χ4v) is 3.72. The summed E-state index contributed by atoms with van der Waals surface area (Å²) in [5.74, 6) is -0.667. The van der Waals surface area contributed by atoms with Crippen molar-refractivity contribution in [3.8, 4) is 0 Å². The highest BCUT2D eigenvalue weighted by atomic mass is 35.5. The zero-order valence-electron chi connectivity index (χ0n) is 17.5. The summed E-state index contributed by atoms with van der Waals surface area (Å²) in [5, 5.41) is 7.31. The van der Waals surface area contributed by atoms with E-state index in [-0.39, 0.29) is 25.7 Å². The van der Waals surface area contributed by atoms with Crippen molar-refractivity contribution < 1.29 is 19.1 Å². The molecule has 31 heavy (non-hydrogen) atoms. The second-order valence-electron chi connectivity index (χ2n) is 7.32. The van der Waals surface area contributed by atoms with Gasteiger partial charge >= 0.3 is 5.97 Å². The molecule has 9 heteroatoms. The molecule has 2 aromatic carbocycles. The third-order valence-electron chi connectivity index (χ3n) is 5.03. The summed E-state index contributed by atoms with van der Waals surface area (Å²) in [4.78, 5) is 27.2. The summed E-state index contributed by atoms with van der Waals surface area (Å²) in [6, 6.07) is 13.9. The Bertz CT molecular complexity index is 979. The van der Waals surface area contributed by atoms with Crippen LogP contribution in [-0.2, 0) is 19.1 Å². The molecular weight excluding hydrogens is 441 g/mol. The first-order valence-corrected chi connectivity index (χ1v) is 10.3. The lowest BCUT2D eigenvalue weighted by atomic mass is 9.82. The molecule has 1 unspecified atom stereocenters. The predicted molar refractivity (Wildman–Crippen MR) is 120 cm³/mol. The van der Waals surface area contributed by atoms with Crippen molar-refractivity contribution in [2.75, 3.05) is 38.9 Å². The first kappa shape index (κ1) is 23.1. The largest absolute Gasteiger partial charge is 0.468 e. The molecule has 0 aromatic heterocycles. The highest BCUT2D eigenvalue weighted by Crippen LogP contribution is 2.33. The Labute approximate surface area is 191 Å². The Hall–Kier alpha value is -2.61. The number of esters is 1. The number of benzene rings is 2. The molecule has 2 aromatic rings.